The predicted molar refractivity (Wildman–Crippen MR) is 63.1 cm³/mol. The number of carbonyl (C=O) groups is 1. The number of aliphatic carboxylic acids is 1. The van der Waals surface area contributed by atoms with Gasteiger partial charge in [0, 0.05) is 0 Å². The highest BCUT2D eigenvalue weighted by atomic mass is 19.2. The summed E-state index contributed by atoms with van der Waals surface area (Å²) < 4.78 is 25.9. The van der Waals surface area contributed by atoms with Crippen molar-refractivity contribution in [3.63, 3.8) is 0 Å². The SMILES string of the molecule is O=C(O)[C@H]1CCCC[C@@H]1Cc1ccc(F)c(F)c1. The Balaban J connectivity index is 2.10. The molecule has 2 nitrogen and oxygen atoms in total. The average molecular weight is 254 g/mol. The van der Waals surface area contributed by atoms with E-state index in [4.69, 9.17) is 5.11 Å². The number of benzene rings is 1. The van der Waals surface area contributed by atoms with Gasteiger partial charge in [0.05, 0.1) is 5.92 Å². The lowest BCUT2D eigenvalue weighted by Gasteiger charge is -2.28. The first kappa shape index (κ1) is 13.0. The molecule has 98 valence electrons. The van der Waals surface area contributed by atoms with Crippen molar-refractivity contribution in [1.82, 2.24) is 0 Å². The van der Waals surface area contributed by atoms with Gasteiger partial charge in [-0.3, -0.25) is 4.79 Å². The van der Waals surface area contributed by atoms with E-state index >= 15 is 0 Å². The fraction of sp³-hybridized carbons (Fsp3) is 0.500. The van der Waals surface area contributed by atoms with E-state index in [2.05, 4.69) is 0 Å². The molecule has 1 saturated carbocycles. The van der Waals surface area contributed by atoms with Crippen LogP contribution in [0.2, 0.25) is 0 Å². The Bertz CT molecular complexity index is 445. The molecule has 1 N–H and O–H groups in total. The van der Waals surface area contributed by atoms with Gasteiger partial charge in [0.1, 0.15) is 0 Å². The first-order valence-corrected chi connectivity index (χ1v) is 6.24. The molecule has 1 aromatic rings. The van der Waals surface area contributed by atoms with Crippen LogP contribution in [0.1, 0.15) is 31.2 Å². The molecule has 1 aliphatic rings. The second-order valence-electron chi connectivity index (χ2n) is 4.94. The van der Waals surface area contributed by atoms with Crippen molar-refractivity contribution in [3.05, 3.63) is 35.4 Å². The number of halogens is 2. The second kappa shape index (κ2) is 5.46. The minimum Gasteiger partial charge on any atom is -0.481 e. The number of rotatable bonds is 3. The Labute approximate surface area is 105 Å². The molecular formula is C14H16F2O2. The van der Waals surface area contributed by atoms with Crippen LogP contribution in [-0.2, 0) is 11.2 Å². The van der Waals surface area contributed by atoms with Crippen LogP contribution in [-0.4, -0.2) is 11.1 Å². The molecular weight excluding hydrogens is 238 g/mol. The van der Waals surface area contributed by atoms with E-state index in [1.807, 2.05) is 0 Å². The van der Waals surface area contributed by atoms with E-state index in [0.29, 0.717) is 18.4 Å². The summed E-state index contributed by atoms with van der Waals surface area (Å²) in [5.41, 5.74) is 0.673. The topological polar surface area (TPSA) is 37.3 Å². The predicted octanol–water partition coefficient (Wildman–Crippen LogP) is 3.40. The van der Waals surface area contributed by atoms with Crippen molar-refractivity contribution in [2.75, 3.05) is 0 Å². The smallest absolute Gasteiger partial charge is 0.306 e. The molecule has 0 unspecified atom stereocenters. The van der Waals surface area contributed by atoms with E-state index in [1.54, 1.807) is 0 Å². The maximum absolute atomic E-state index is 13.1. The van der Waals surface area contributed by atoms with Gasteiger partial charge < -0.3 is 5.11 Å². The summed E-state index contributed by atoms with van der Waals surface area (Å²) in [4.78, 5) is 11.1. The van der Waals surface area contributed by atoms with Gasteiger partial charge in [-0.2, -0.15) is 0 Å². The maximum atomic E-state index is 13.1. The van der Waals surface area contributed by atoms with Gasteiger partial charge in [0.25, 0.3) is 0 Å². The van der Waals surface area contributed by atoms with Crippen LogP contribution in [0.25, 0.3) is 0 Å². The number of carboxylic acids is 1. The lowest BCUT2D eigenvalue weighted by molar-refractivity contribution is -0.144. The third kappa shape index (κ3) is 2.86. The molecule has 0 aromatic heterocycles. The first-order chi connectivity index (χ1) is 8.58. The largest absolute Gasteiger partial charge is 0.481 e. The van der Waals surface area contributed by atoms with Crippen molar-refractivity contribution in [2.45, 2.75) is 32.1 Å². The Morgan fingerprint density at radius 2 is 1.94 bits per heavy atom. The molecule has 1 aromatic carbocycles. The molecule has 0 aliphatic heterocycles. The highest BCUT2D eigenvalue weighted by molar-refractivity contribution is 5.70. The molecule has 4 heteroatoms. The molecule has 18 heavy (non-hydrogen) atoms. The van der Waals surface area contributed by atoms with Crippen LogP contribution in [0.5, 0.6) is 0 Å². The van der Waals surface area contributed by atoms with Gasteiger partial charge in [-0.1, -0.05) is 18.9 Å². The van der Waals surface area contributed by atoms with Crippen molar-refractivity contribution in [3.8, 4) is 0 Å². The quantitative estimate of drug-likeness (QED) is 0.897. The summed E-state index contributed by atoms with van der Waals surface area (Å²) >= 11 is 0. The minimum absolute atomic E-state index is 0.0288. The highest BCUT2D eigenvalue weighted by Crippen LogP contribution is 2.33. The molecule has 0 saturated heterocycles. The van der Waals surface area contributed by atoms with Crippen molar-refractivity contribution >= 4 is 5.97 Å². The summed E-state index contributed by atoms with van der Waals surface area (Å²) in [6.07, 6.45) is 3.98. The van der Waals surface area contributed by atoms with Gasteiger partial charge in [-0.05, 0) is 42.9 Å². The molecule has 2 atom stereocenters. The van der Waals surface area contributed by atoms with Crippen LogP contribution in [0.4, 0.5) is 8.78 Å². The fourth-order valence-corrected chi connectivity index (χ4v) is 2.75. The highest BCUT2D eigenvalue weighted by Gasteiger charge is 2.30. The molecule has 0 heterocycles. The molecule has 1 aliphatic carbocycles. The van der Waals surface area contributed by atoms with Gasteiger partial charge in [0.2, 0.25) is 0 Å². The summed E-state index contributed by atoms with van der Waals surface area (Å²) in [7, 11) is 0. The van der Waals surface area contributed by atoms with Crippen LogP contribution < -0.4 is 0 Å². The molecule has 0 radical (unpaired) electrons. The average Bonchev–Trinajstić information content (AvgIpc) is 2.34. The Hall–Kier alpha value is -1.45. The summed E-state index contributed by atoms with van der Waals surface area (Å²) in [5.74, 6) is -2.83. The Kier molecular flexibility index (Phi) is 3.94. The van der Waals surface area contributed by atoms with E-state index in [-0.39, 0.29) is 11.8 Å². The Morgan fingerprint density at radius 3 is 2.61 bits per heavy atom. The molecule has 0 bridgehead atoms. The monoisotopic (exact) mass is 254 g/mol. The normalized spacial score (nSPS) is 23.9. The van der Waals surface area contributed by atoms with Gasteiger partial charge in [-0.15, -0.1) is 0 Å². The van der Waals surface area contributed by atoms with Crippen molar-refractivity contribution < 1.29 is 18.7 Å². The zero-order chi connectivity index (χ0) is 13.1. The standard InChI is InChI=1S/C14H16F2O2/c15-12-6-5-9(8-13(12)16)7-10-3-1-2-4-11(10)14(17)18/h5-6,8,10-11H,1-4,7H2,(H,17,18)/t10-,11+/m1/s1. The van der Waals surface area contributed by atoms with E-state index in [9.17, 15) is 13.6 Å². The Morgan fingerprint density at radius 1 is 1.22 bits per heavy atom. The molecule has 0 amide bonds. The first-order valence-electron chi connectivity index (χ1n) is 6.24. The maximum Gasteiger partial charge on any atom is 0.306 e. The zero-order valence-corrected chi connectivity index (χ0v) is 10.0. The summed E-state index contributed by atoms with van der Waals surface area (Å²) in [5, 5.41) is 9.15. The summed E-state index contributed by atoms with van der Waals surface area (Å²) in [6.45, 7) is 0. The molecule has 1 fully saturated rings. The fourth-order valence-electron chi connectivity index (χ4n) is 2.75. The van der Waals surface area contributed by atoms with Crippen LogP contribution in [0.3, 0.4) is 0 Å². The third-order valence-electron chi connectivity index (χ3n) is 3.71. The second-order valence-corrected chi connectivity index (χ2v) is 4.94. The van der Waals surface area contributed by atoms with Crippen molar-refractivity contribution in [2.24, 2.45) is 11.8 Å². The van der Waals surface area contributed by atoms with E-state index < -0.39 is 17.6 Å². The zero-order valence-electron chi connectivity index (χ0n) is 10.0. The van der Waals surface area contributed by atoms with Gasteiger partial charge in [-0.25, -0.2) is 8.78 Å². The van der Waals surface area contributed by atoms with Crippen LogP contribution in [0, 0.1) is 23.5 Å². The van der Waals surface area contributed by atoms with E-state index in [1.165, 1.54) is 12.1 Å². The van der Waals surface area contributed by atoms with Crippen LogP contribution >= 0.6 is 0 Å². The summed E-state index contributed by atoms with van der Waals surface area (Å²) in [6, 6.07) is 3.80. The number of hydrogen-bond donors (Lipinski definition) is 1. The van der Waals surface area contributed by atoms with Gasteiger partial charge >= 0.3 is 5.97 Å². The lowest BCUT2D eigenvalue weighted by atomic mass is 9.76. The molecule has 0 spiro atoms. The molecule has 2 rings (SSSR count). The third-order valence-corrected chi connectivity index (χ3v) is 3.71. The number of hydrogen-bond acceptors (Lipinski definition) is 1. The van der Waals surface area contributed by atoms with Gasteiger partial charge in [0.15, 0.2) is 11.6 Å². The van der Waals surface area contributed by atoms with E-state index in [0.717, 1.165) is 25.3 Å². The van der Waals surface area contributed by atoms with Crippen LogP contribution in [0.15, 0.2) is 18.2 Å². The minimum atomic E-state index is -0.866. The lowest BCUT2D eigenvalue weighted by Crippen LogP contribution is -2.28. The van der Waals surface area contributed by atoms with Crippen molar-refractivity contribution in [1.29, 1.82) is 0 Å². The number of carboxylic acid groups (broad SMARTS) is 1.